The molecule has 0 spiro atoms. The Morgan fingerprint density at radius 1 is 1.50 bits per heavy atom. The molecule has 0 heterocycles. The van der Waals surface area contributed by atoms with Crippen molar-refractivity contribution < 1.29 is 17.1 Å². The molecule has 0 amide bonds. The summed E-state index contributed by atoms with van der Waals surface area (Å²) in [5.41, 5.74) is 6.60. The normalized spacial score (nSPS) is 7.00. The van der Waals surface area contributed by atoms with Crippen LogP contribution in [0.2, 0.25) is 0 Å². The van der Waals surface area contributed by atoms with Crippen LogP contribution >= 0.6 is 0 Å². The Labute approximate surface area is 49.8 Å². The van der Waals surface area contributed by atoms with Gasteiger partial charge in [-0.05, 0) is 0 Å². The van der Waals surface area contributed by atoms with E-state index < -0.39 is 0 Å². The molecule has 0 unspecified atom stereocenters. The molecule has 0 fully saturated rings. The van der Waals surface area contributed by atoms with Crippen molar-refractivity contribution in [3.05, 3.63) is 5.73 Å². The maximum absolute atomic E-state index is 6.60. The van der Waals surface area contributed by atoms with Crippen molar-refractivity contribution in [1.82, 2.24) is 0 Å². The van der Waals surface area contributed by atoms with Crippen LogP contribution in [0.1, 0.15) is 19.8 Å². The molecular formula is C4H10FeN-. The van der Waals surface area contributed by atoms with E-state index in [1.54, 1.807) is 0 Å². The maximum Gasteiger partial charge on any atom is 0 e. The smallest absolute Gasteiger partial charge is 0 e. The third kappa shape index (κ3) is 8.82. The average molecular weight is 128 g/mol. The molecule has 0 saturated carbocycles. The third-order valence-electron chi connectivity index (χ3n) is 0.530. The summed E-state index contributed by atoms with van der Waals surface area (Å²) in [7, 11) is 0. The van der Waals surface area contributed by atoms with Crippen LogP contribution in [0.5, 0.6) is 0 Å². The SMILES string of the molecule is CCCC[NH-].[Fe]. The average Bonchev–Trinajstić information content (AvgIpc) is 1.41. The predicted octanol–water partition coefficient (Wildman–Crippen LogP) is 1.84. The summed E-state index contributed by atoms with van der Waals surface area (Å²) in [6, 6.07) is 0. The van der Waals surface area contributed by atoms with E-state index in [1.165, 1.54) is 0 Å². The molecule has 2 heteroatoms. The minimum Gasteiger partial charge on any atom is -0.677 e. The molecule has 0 rings (SSSR count). The Morgan fingerprint density at radius 3 is 2.00 bits per heavy atom. The van der Waals surface area contributed by atoms with Crippen LogP contribution in [0, 0.1) is 0 Å². The van der Waals surface area contributed by atoms with Gasteiger partial charge >= 0.3 is 0 Å². The molecule has 0 aromatic carbocycles. The Bertz CT molecular complexity index is 15.0. The third-order valence-corrected chi connectivity index (χ3v) is 0.530. The Balaban J connectivity index is 0. The molecule has 1 N–H and O–H groups in total. The summed E-state index contributed by atoms with van der Waals surface area (Å²) < 4.78 is 0. The first kappa shape index (κ1) is 9.70. The van der Waals surface area contributed by atoms with Gasteiger partial charge < -0.3 is 5.73 Å². The van der Waals surface area contributed by atoms with Crippen molar-refractivity contribution in [2.45, 2.75) is 19.8 Å². The molecule has 1 nitrogen and oxygen atoms in total. The van der Waals surface area contributed by atoms with Crippen molar-refractivity contribution in [3.63, 3.8) is 0 Å². The van der Waals surface area contributed by atoms with Crippen LogP contribution in [0.25, 0.3) is 5.73 Å². The number of rotatable bonds is 2. The van der Waals surface area contributed by atoms with Gasteiger partial charge in [0.05, 0.1) is 0 Å². The van der Waals surface area contributed by atoms with E-state index >= 15 is 0 Å². The molecule has 6 heavy (non-hydrogen) atoms. The second-order valence-electron chi connectivity index (χ2n) is 1.10. The van der Waals surface area contributed by atoms with Crippen LogP contribution in [-0.4, -0.2) is 6.54 Å². The summed E-state index contributed by atoms with van der Waals surface area (Å²) in [6.45, 7) is 2.69. The molecule has 0 radical (unpaired) electrons. The Morgan fingerprint density at radius 2 is 2.00 bits per heavy atom. The van der Waals surface area contributed by atoms with E-state index in [9.17, 15) is 0 Å². The fourth-order valence-electron chi connectivity index (χ4n) is 0.177. The van der Waals surface area contributed by atoms with Crippen LogP contribution in [-0.2, 0) is 17.1 Å². The molecule has 0 bridgehead atoms. The van der Waals surface area contributed by atoms with E-state index in [1.807, 2.05) is 0 Å². The van der Waals surface area contributed by atoms with E-state index in [0.717, 1.165) is 12.8 Å². The molecule has 0 aliphatic rings. The van der Waals surface area contributed by atoms with E-state index in [2.05, 4.69) is 6.92 Å². The summed E-state index contributed by atoms with van der Waals surface area (Å²) in [6.07, 6.45) is 2.21. The van der Waals surface area contributed by atoms with E-state index in [-0.39, 0.29) is 17.1 Å². The van der Waals surface area contributed by atoms with Gasteiger partial charge in [-0.1, -0.05) is 19.8 Å². The molecule has 0 aliphatic carbocycles. The van der Waals surface area contributed by atoms with Gasteiger partial charge in [-0.25, -0.2) is 0 Å². The minimum absolute atomic E-state index is 0. The van der Waals surface area contributed by atoms with Crippen molar-refractivity contribution in [1.29, 1.82) is 0 Å². The topological polar surface area (TPSA) is 23.8 Å². The van der Waals surface area contributed by atoms with E-state index in [0.29, 0.717) is 6.54 Å². The summed E-state index contributed by atoms with van der Waals surface area (Å²) in [5, 5.41) is 0. The van der Waals surface area contributed by atoms with Gasteiger partial charge in [-0.3, -0.25) is 0 Å². The number of unbranched alkanes of at least 4 members (excludes halogenated alkanes) is 1. The van der Waals surface area contributed by atoms with Gasteiger partial charge in [0.1, 0.15) is 0 Å². The molecule has 0 aromatic rings. The van der Waals surface area contributed by atoms with Crippen molar-refractivity contribution >= 4 is 0 Å². The number of hydrogen-bond donors (Lipinski definition) is 0. The van der Waals surface area contributed by atoms with E-state index in [4.69, 9.17) is 5.73 Å². The van der Waals surface area contributed by atoms with Crippen LogP contribution < -0.4 is 0 Å². The van der Waals surface area contributed by atoms with Gasteiger partial charge in [0, 0.05) is 17.1 Å². The Kier molecular flexibility index (Phi) is 14.7. The van der Waals surface area contributed by atoms with Crippen molar-refractivity contribution in [2.24, 2.45) is 0 Å². The summed E-state index contributed by atoms with van der Waals surface area (Å²) in [5.74, 6) is 0. The maximum atomic E-state index is 6.60. The summed E-state index contributed by atoms with van der Waals surface area (Å²) >= 11 is 0. The summed E-state index contributed by atoms with van der Waals surface area (Å²) in [4.78, 5) is 0. The molecular weight excluding hydrogens is 118 g/mol. The number of hydrogen-bond acceptors (Lipinski definition) is 0. The molecule has 0 saturated heterocycles. The van der Waals surface area contributed by atoms with Gasteiger partial charge in [-0.2, -0.15) is 6.54 Å². The zero-order valence-electron chi connectivity index (χ0n) is 3.97. The molecule has 0 aromatic heterocycles. The van der Waals surface area contributed by atoms with Crippen molar-refractivity contribution in [3.8, 4) is 0 Å². The molecule has 40 valence electrons. The van der Waals surface area contributed by atoms with Gasteiger partial charge in [0.25, 0.3) is 0 Å². The largest absolute Gasteiger partial charge is 0.677 e. The molecule has 0 aliphatic heterocycles. The van der Waals surface area contributed by atoms with Crippen LogP contribution in [0.4, 0.5) is 0 Å². The number of nitrogens with one attached hydrogen (secondary N) is 1. The predicted molar refractivity (Wildman–Crippen MR) is 24.1 cm³/mol. The van der Waals surface area contributed by atoms with Gasteiger partial charge in [0.2, 0.25) is 0 Å². The minimum atomic E-state index is 0. The van der Waals surface area contributed by atoms with Crippen molar-refractivity contribution in [2.75, 3.05) is 6.54 Å². The fourth-order valence-corrected chi connectivity index (χ4v) is 0.177. The van der Waals surface area contributed by atoms with Crippen LogP contribution in [0.3, 0.4) is 0 Å². The quantitative estimate of drug-likeness (QED) is 0.506. The second-order valence-corrected chi connectivity index (χ2v) is 1.10. The first-order valence-electron chi connectivity index (χ1n) is 2.06. The first-order valence-corrected chi connectivity index (χ1v) is 2.06. The van der Waals surface area contributed by atoms with Gasteiger partial charge in [0.15, 0.2) is 0 Å². The zero-order chi connectivity index (χ0) is 4.12. The zero-order valence-corrected chi connectivity index (χ0v) is 5.08. The molecule has 0 atom stereocenters. The standard InChI is InChI=1S/C4H10N.Fe/c1-2-3-4-5;/h5H,2-4H2,1H3;/q-1;. The second kappa shape index (κ2) is 9.08. The monoisotopic (exact) mass is 128 g/mol. The first-order chi connectivity index (χ1) is 2.41. The van der Waals surface area contributed by atoms with Crippen LogP contribution in [0.15, 0.2) is 0 Å². The fraction of sp³-hybridized carbons (Fsp3) is 1.00. The van der Waals surface area contributed by atoms with Gasteiger partial charge in [-0.15, -0.1) is 0 Å². The Hall–Kier alpha value is 0.479.